The molecule has 0 aliphatic heterocycles. The Morgan fingerprint density at radius 2 is 1.95 bits per heavy atom. The van der Waals surface area contributed by atoms with E-state index in [2.05, 4.69) is 10.2 Å². The van der Waals surface area contributed by atoms with Gasteiger partial charge in [0, 0.05) is 27.2 Å². The molecule has 1 heterocycles. The maximum absolute atomic E-state index is 12.2. The largest absolute Gasteiger partial charge is 0.486 e. The molecular weight excluding hydrogens is 288 g/mol. The summed E-state index contributed by atoms with van der Waals surface area (Å²) in [7, 11) is 7.45. The van der Waals surface area contributed by atoms with Crippen LogP contribution >= 0.6 is 11.3 Å². The lowest BCUT2D eigenvalue weighted by Gasteiger charge is -2.14. The fourth-order valence-electron chi connectivity index (χ4n) is 1.65. The maximum atomic E-state index is 12.2. The number of nitrogens with one attached hydrogen (secondary N) is 1. The van der Waals surface area contributed by atoms with Crippen molar-refractivity contribution < 1.29 is 9.53 Å². The number of nitrogens with zero attached hydrogens (tertiary/aromatic N) is 2. The van der Waals surface area contributed by atoms with Gasteiger partial charge in [-0.1, -0.05) is 0 Å². The molecule has 0 aliphatic carbocycles. The van der Waals surface area contributed by atoms with Crippen LogP contribution in [-0.2, 0) is 0 Å². The zero-order valence-electron chi connectivity index (χ0n) is 13.7. The number of hydrogen-bond acceptors (Lipinski definition) is 6. The van der Waals surface area contributed by atoms with E-state index in [0.717, 1.165) is 18.1 Å². The molecule has 0 unspecified atom stereocenters. The highest BCUT2D eigenvalue weighted by atomic mass is 32.1. The quantitative estimate of drug-likeness (QED) is 0.803. The third-order valence-electron chi connectivity index (χ3n) is 2.70. The Bertz CT molecular complexity index is 484. The Kier molecular flexibility index (Phi) is 6.29. The molecule has 1 aromatic rings. The van der Waals surface area contributed by atoms with Crippen LogP contribution in [-0.4, -0.2) is 63.1 Å². The maximum Gasteiger partial charge on any atom is 0.265 e. The molecule has 0 aliphatic rings. The van der Waals surface area contributed by atoms with Crippen LogP contribution in [0.2, 0.25) is 0 Å². The monoisotopic (exact) mass is 314 g/mol. The summed E-state index contributed by atoms with van der Waals surface area (Å²) in [5.74, 6) is 0.478. The Morgan fingerprint density at radius 3 is 2.43 bits per heavy atom. The average molecular weight is 314 g/mol. The Morgan fingerprint density at radius 1 is 1.33 bits per heavy atom. The highest BCUT2D eigenvalue weighted by Gasteiger charge is 2.23. The van der Waals surface area contributed by atoms with Crippen LogP contribution in [0.1, 0.15) is 23.5 Å². The molecule has 1 rings (SSSR count). The van der Waals surface area contributed by atoms with Gasteiger partial charge in [-0.05, 0) is 27.9 Å². The van der Waals surface area contributed by atoms with Crippen LogP contribution in [0.3, 0.4) is 0 Å². The number of ether oxygens (including phenoxy) is 1. The summed E-state index contributed by atoms with van der Waals surface area (Å²) in [6.45, 7) is 5.52. The molecule has 6 nitrogen and oxygen atoms in total. The van der Waals surface area contributed by atoms with E-state index in [1.54, 1.807) is 14.1 Å². The van der Waals surface area contributed by atoms with Crippen molar-refractivity contribution in [1.29, 1.82) is 0 Å². The number of nitrogen functional groups attached to an aromatic ring is 1. The standard InChI is InChI=1S/C14H26N4O2S/c1-9(2)20-11-10(15)12(14(19)18(5)6)21-13(11)16-7-8-17(3)4/h9,16H,7-8,15H2,1-6H3. The summed E-state index contributed by atoms with van der Waals surface area (Å²) in [6, 6.07) is 0. The van der Waals surface area contributed by atoms with Gasteiger partial charge in [-0.15, -0.1) is 11.3 Å². The molecule has 1 amide bonds. The Balaban J connectivity index is 3.03. The topological polar surface area (TPSA) is 70.8 Å². The van der Waals surface area contributed by atoms with Crippen molar-refractivity contribution in [3.05, 3.63) is 4.88 Å². The van der Waals surface area contributed by atoms with Gasteiger partial charge in [0.1, 0.15) is 15.6 Å². The Labute approximate surface area is 130 Å². The zero-order valence-corrected chi connectivity index (χ0v) is 14.5. The van der Waals surface area contributed by atoms with E-state index >= 15 is 0 Å². The predicted molar refractivity (Wildman–Crippen MR) is 89.6 cm³/mol. The van der Waals surface area contributed by atoms with E-state index in [4.69, 9.17) is 10.5 Å². The fraction of sp³-hybridized carbons (Fsp3) is 0.643. The highest BCUT2D eigenvalue weighted by Crippen LogP contribution is 2.43. The Hall–Kier alpha value is -1.47. The number of thiophene rings is 1. The smallest absolute Gasteiger partial charge is 0.265 e. The third kappa shape index (κ3) is 4.78. The lowest BCUT2D eigenvalue weighted by atomic mass is 10.3. The van der Waals surface area contributed by atoms with Gasteiger partial charge in [0.2, 0.25) is 0 Å². The number of nitrogens with two attached hydrogens (primary N) is 1. The fourth-order valence-corrected chi connectivity index (χ4v) is 2.75. The first-order valence-corrected chi connectivity index (χ1v) is 7.74. The molecule has 0 saturated carbocycles. The van der Waals surface area contributed by atoms with Crippen LogP contribution in [0.5, 0.6) is 5.75 Å². The first kappa shape index (κ1) is 17.6. The molecule has 120 valence electrons. The van der Waals surface area contributed by atoms with Gasteiger partial charge < -0.3 is 25.6 Å². The van der Waals surface area contributed by atoms with Crippen LogP contribution in [0, 0.1) is 0 Å². The minimum absolute atomic E-state index is 0.00129. The first-order valence-electron chi connectivity index (χ1n) is 6.93. The molecule has 0 atom stereocenters. The number of rotatable bonds is 7. The van der Waals surface area contributed by atoms with E-state index in [9.17, 15) is 4.79 Å². The first-order chi connectivity index (χ1) is 9.73. The summed E-state index contributed by atoms with van der Waals surface area (Å²) in [5.41, 5.74) is 6.53. The number of carbonyl (C=O) groups is 1. The van der Waals surface area contributed by atoms with Gasteiger partial charge >= 0.3 is 0 Å². The molecule has 0 aromatic carbocycles. The van der Waals surface area contributed by atoms with E-state index in [0.29, 0.717) is 16.3 Å². The number of anilines is 2. The van der Waals surface area contributed by atoms with Crippen LogP contribution in [0.4, 0.5) is 10.7 Å². The lowest BCUT2D eigenvalue weighted by molar-refractivity contribution is 0.0832. The number of amides is 1. The molecule has 7 heteroatoms. The van der Waals surface area contributed by atoms with E-state index in [-0.39, 0.29) is 12.0 Å². The van der Waals surface area contributed by atoms with Crippen molar-refractivity contribution in [1.82, 2.24) is 9.80 Å². The summed E-state index contributed by atoms with van der Waals surface area (Å²) in [6.07, 6.45) is -0.00129. The molecule has 0 bridgehead atoms. The van der Waals surface area contributed by atoms with Gasteiger partial charge in [0.05, 0.1) is 6.10 Å². The SMILES string of the molecule is CC(C)Oc1c(NCCN(C)C)sc(C(=O)N(C)C)c1N. The van der Waals surface area contributed by atoms with Gasteiger partial charge in [-0.3, -0.25) is 4.79 Å². The van der Waals surface area contributed by atoms with E-state index in [1.807, 2.05) is 27.9 Å². The van der Waals surface area contributed by atoms with Gasteiger partial charge in [0.25, 0.3) is 5.91 Å². The van der Waals surface area contributed by atoms with Crippen molar-refractivity contribution in [2.24, 2.45) is 0 Å². The molecule has 0 radical (unpaired) electrons. The molecule has 1 aromatic heterocycles. The van der Waals surface area contributed by atoms with Crippen LogP contribution < -0.4 is 15.8 Å². The molecule has 0 saturated heterocycles. The second-order valence-electron chi connectivity index (χ2n) is 5.60. The lowest BCUT2D eigenvalue weighted by Crippen LogP contribution is -2.21. The minimum Gasteiger partial charge on any atom is -0.486 e. The molecular formula is C14H26N4O2S. The molecule has 21 heavy (non-hydrogen) atoms. The van der Waals surface area contributed by atoms with Crippen molar-refractivity contribution in [3.8, 4) is 5.75 Å². The molecule has 0 spiro atoms. The van der Waals surface area contributed by atoms with Crippen molar-refractivity contribution in [2.45, 2.75) is 20.0 Å². The molecule has 3 N–H and O–H groups in total. The predicted octanol–water partition coefficient (Wildman–Crippen LogP) is 1.79. The number of hydrogen-bond donors (Lipinski definition) is 2. The van der Waals surface area contributed by atoms with Crippen LogP contribution in [0.25, 0.3) is 0 Å². The van der Waals surface area contributed by atoms with Crippen molar-refractivity contribution >= 4 is 27.9 Å². The van der Waals surface area contributed by atoms with E-state index in [1.165, 1.54) is 16.2 Å². The summed E-state index contributed by atoms with van der Waals surface area (Å²) in [4.78, 5) is 16.3. The van der Waals surface area contributed by atoms with Crippen molar-refractivity contribution in [2.75, 3.05) is 52.3 Å². The number of likely N-dealkylation sites (N-methyl/N-ethyl adjacent to an activating group) is 1. The normalized spacial score (nSPS) is 11.0. The minimum atomic E-state index is -0.105. The average Bonchev–Trinajstić information content (AvgIpc) is 2.65. The van der Waals surface area contributed by atoms with Gasteiger partial charge in [0.15, 0.2) is 5.75 Å². The third-order valence-corrected chi connectivity index (χ3v) is 3.83. The number of carbonyl (C=O) groups excluding carboxylic acids is 1. The highest BCUT2D eigenvalue weighted by molar-refractivity contribution is 7.19. The second kappa shape index (κ2) is 7.51. The summed E-state index contributed by atoms with van der Waals surface area (Å²) < 4.78 is 5.78. The van der Waals surface area contributed by atoms with Crippen LogP contribution in [0.15, 0.2) is 0 Å². The van der Waals surface area contributed by atoms with E-state index < -0.39 is 0 Å². The zero-order chi connectivity index (χ0) is 16.2. The van der Waals surface area contributed by atoms with Gasteiger partial charge in [-0.25, -0.2) is 0 Å². The summed E-state index contributed by atoms with van der Waals surface area (Å²) >= 11 is 1.35. The van der Waals surface area contributed by atoms with Crippen molar-refractivity contribution in [3.63, 3.8) is 0 Å². The van der Waals surface area contributed by atoms with Gasteiger partial charge in [-0.2, -0.15) is 0 Å². The second-order valence-corrected chi connectivity index (χ2v) is 6.62. The molecule has 0 fully saturated rings. The summed E-state index contributed by atoms with van der Waals surface area (Å²) in [5, 5.41) is 4.12.